The van der Waals surface area contributed by atoms with Gasteiger partial charge < -0.3 is 14.5 Å². The van der Waals surface area contributed by atoms with E-state index < -0.39 is 0 Å². The standard InChI is InChI=1S/C18H17NO3/c1-12(13-7-9-15(21-2)10-8-13)19-18(20)17-11-14-5-3-4-6-16(14)22-17/h3-12H,1-2H3,(H,19,20). The predicted molar refractivity (Wildman–Crippen MR) is 85.1 cm³/mol. The molecule has 1 atom stereocenters. The highest BCUT2D eigenvalue weighted by atomic mass is 16.5. The van der Waals surface area contributed by atoms with Crippen LogP contribution in [-0.2, 0) is 0 Å². The minimum Gasteiger partial charge on any atom is -0.497 e. The normalized spacial score (nSPS) is 12.1. The molecule has 0 saturated heterocycles. The molecule has 4 heteroatoms. The molecule has 0 aliphatic rings. The molecule has 112 valence electrons. The molecule has 4 nitrogen and oxygen atoms in total. The van der Waals surface area contributed by atoms with Crippen LogP contribution in [0.2, 0.25) is 0 Å². The molecule has 2 aromatic carbocycles. The first-order valence-corrected chi connectivity index (χ1v) is 7.11. The highest BCUT2D eigenvalue weighted by Gasteiger charge is 2.15. The molecule has 0 aliphatic carbocycles. The molecule has 3 aromatic rings. The second-order valence-corrected chi connectivity index (χ2v) is 5.12. The highest BCUT2D eigenvalue weighted by molar-refractivity contribution is 5.96. The molecule has 0 fully saturated rings. The molecule has 1 aromatic heterocycles. The number of amides is 1. The molecule has 22 heavy (non-hydrogen) atoms. The average molecular weight is 295 g/mol. The van der Waals surface area contributed by atoms with Crippen molar-refractivity contribution in [3.8, 4) is 5.75 Å². The van der Waals surface area contributed by atoms with Gasteiger partial charge in [0.25, 0.3) is 5.91 Å². The van der Waals surface area contributed by atoms with Gasteiger partial charge in [-0.15, -0.1) is 0 Å². The molecule has 0 spiro atoms. The van der Waals surface area contributed by atoms with Gasteiger partial charge >= 0.3 is 0 Å². The first-order valence-electron chi connectivity index (χ1n) is 7.11. The SMILES string of the molecule is COc1ccc(C(C)NC(=O)c2cc3ccccc3o2)cc1. The molecule has 1 heterocycles. The first kappa shape index (κ1) is 14.2. The van der Waals surface area contributed by atoms with Crippen LogP contribution in [0.1, 0.15) is 29.1 Å². The van der Waals surface area contributed by atoms with E-state index in [0.717, 1.165) is 16.7 Å². The van der Waals surface area contributed by atoms with Gasteiger partial charge in [-0.25, -0.2) is 0 Å². The van der Waals surface area contributed by atoms with E-state index in [1.807, 2.05) is 55.5 Å². The number of nitrogens with one attached hydrogen (secondary N) is 1. The van der Waals surface area contributed by atoms with Crippen LogP contribution in [0.4, 0.5) is 0 Å². The smallest absolute Gasteiger partial charge is 0.287 e. The maximum atomic E-state index is 12.3. The molecule has 0 saturated carbocycles. The summed E-state index contributed by atoms with van der Waals surface area (Å²) >= 11 is 0. The molecule has 3 rings (SSSR count). The van der Waals surface area contributed by atoms with Gasteiger partial charge in [-0.05, 0) is 36.8 Å². The largest absolute Gasteiger partial charge is 0.497 e. The number of para-hydroxylation sites is 1. The van der Waals surface area contributed by atoms with E-state index in [0.29, 0.717) is 11.3 Å². The third-order valence-electron chi connectivity index (χ3n) is 3.61. The minimum absolute atomic E-state index is 0.119. The number of ether oxygens (including phenoxy) is 1. The zero-order valence-electron chi connectivity index (χ0n) is 12.5. The second kappa shape index (κ2) is 5.93. The van der Waals surface area contributed by atoms with Crippen LogP contribution in [0.25, 0.3) is 11.0 Å². The second-order valence-electron chi connectivity index (χ2n) is 5.12. The Morgan fingerprint density at radius 2 is 1.86 bits per heavy atom. The quantitative estimate of drug-likeness (QED) is 0.793. The highest BCUT2D eigenvalue weighted by Crippen LogP contribution is 2.21. The number of hydrogen-bond acceptors (Lipinski definition) is 3. The van der Waals surface area contributed by atoms with E-state index in [2.05, 4.69) is 5.32 Å². The maximum Gasteiger partial charge on any atom is 0.287 e. The van der Waals surface area contributed by atoms with Crippen molar-refractivity contribution in [2.24, 2.45) is 0 Å². The van der Waals surface area contributed by atoms with Gasteiger partial charge in [0.2, 0.25) is 0 Å². The molecule has 1 unspecified atom stereocenters. The molecular formula is C18H17NO3. The Bertz CT molecular complexity index is 756. The zero-order chi connectivity index (χ0) is 15.5. The van der Waals surface area contributed by atoms with Crippen molar-refractivity contribution in [1.82, 2.24) is 5.32 Å². The maximum absolute atomic E-state index is 12.3. The number of hydrogen-bond donors (Lipinski definition) is 1. The van der Waals surface area contributed by atoms with Gasteiger partial charge in [0.05, 0.1) is 13.2 Å². The molecule has 0 radical (unpaired) electrons. The summed E-state index contributed by atoms with van der Waals surface area (Å²) in [5.74, 6) is 0.889. The number of carbonyl (C=O) groups is 1. The third-order valence-corrected chi connectivity index (χ3v) is 3.61. The first-order chi connectivity index (χ1) is 10.7. The Hall–Kier alpha value is -2.75. The molecule has 0 bridgehead atoms. The molecule has 0 aliphatic heterocycles. The molecule has 1 N–H and O–H groups in total. The monoisotopic (exact) mass is 295 g/mol. The third kappa shape index (κ3) is 2.81. The summed E-state index contributed by atoms with van der Waals surface area (Å²) in [5.41, 5.74) is 1.72. The Labute approximate surface area is 128 Å². The number of fused-ring (bicyclic) bond motifs is 1. The van der Waals surface area contributed by atoms with Crippen LogP contribution >= 0.6 is 0 Å². The van der Waals surface area contributed by atoms with E-state index >= 15 is 0 Å². The van der Waals surface area contributed by atoms with Crippen molar-refractivity contribution in [2.45, 2.75) is 13.0 Å². The fraction of sp³-hybridized carbons (Fsp3) is 0.167. The summed E-state index contributed by atoms with van der Waals surface area (Å²) in [4.78, 5) is 12.3. The number of benzene rings is 2. The number of furan rings is 1. The summed E-state index contributed by atoms with van der Waals surface area (Å²) in [5, 5.41) is 3.86. The Morgan fingerprint density at radius 1 is 1.14 bits per heavy atom. The van der Waals surface area contributed by atoms with E-state index in [9.17, 15) is 4.79 Å². The average Bonchev–Trinajstić information content (AvgIpc) is 2.99. The fourth-order valence-electron chi connectivity index (χ4n) is 2.34. The van der Waals surface area contributed by atoms with Crippen LogP contribution in [0.3, 0.4) is 0 Å². The van der Waals surface area contributed by atoms with Gasteiger partial charge in [-0.3, -0.25) is 4.79 Å². The van der Waals surface area contributed by atoms with E-state index in [1.54, 1.807) is 13.2 Å². The van der Waals surface area contributed by atoms with Crippen molar-refractivity contribution >= 4 is 16.9 Å². The van der Waals surface area contributed by atoms with E-state index in [4.69, 9.17) is 9.15 Å². The fourth-order valence-corrected chi connectivity index (χ4v) is 2.34. The Balaban J connectivity index is 1.74. The summed E-state index contributed by atoms with van der Waals surface area (Å²) < 4.78 is 10.7. The Kier molecular flexibility index (Phi) is 3.83. The van der Waals surface area contributed by atoms with Crippen LogP contribution in [-0.4, -0.2) is 13.0 Å². The molecular weight excluding hydrogens is 278 g/mol. The van der Waals surface area contributed by atoms with Gasteiger partial charge in [-0.2, -0.15) is 0 Å². The van der Waals surface area contributed by atoms with Crippen LogP contribution in [0.5, 0.6) is 5.75 Å². The lowest BCUT2D eigenvalue weighted by molar-refractivity contribution is 0.0914. The van der Waals surface area contributed by atoms with Gasteiger partial charge in [0.15, 0.2) is 5.76 Å². The van der Waals surface area contributed by atoms with Crippen molar-refractivity contribution in [3.05, 3.63) is 65.9 Å². The van der Waals surface area contributed by atoms with Crippen molar-refractivity contribution in [3.63, 3.8) is 0 Å². The van der Waals surface area contributed by atoms with Gasteiger partial charge in [0, 0.05) is 5.39 Å². The topological polar surface area (TPSA) is 51.5 Å². The van der Waals surface area contributed by atoms with Crippen LogP contribution < -0.4 is 10.1 Å². The summed E-state index contributed by atoms with van der Waals surface area (Å²) in [6.07, 6.45) is 0. The van der Waals surface area contributed by atoms with Crippen molar-refractivity contribution in [2.75, 3.05) is 7.11 Å². The van der Waals surface area contributed by atoms with Crippen LogP contribution in [0.15, 0.2) is 59.0 Å². The lowest BCUT2D eigenvalue weighted by Gasteiger charge is -2.13. The minimum atomic E-state index is -0.223. The van der Waals surface area contributed by atoms with Crippen LogP contribution in [0, 0.1) is 0 Å². The number of methoxy groups -OCH3 is 1. The lowest BCUT2D eigenvalue weighted by Crippen LogP contribution is -2.26. The van der Waals surface area contributed by atoms with Gasteiger partial charge in [-0.1, -0.05) is 30.3 Å². The number of carbonyl (C=O) groups excluding carboxylic acids is 1. The van der Waals surface area contributed by atoms with E-state index in [-0.39, 0.29) is 11.9 Å². The van der Waals surface area contributed by atoms with Crippen molar-refractivity contribution in [1.29, 1.82) is 0 Å². The Morgan fingerprint density at radius 3 is 2.55 bits per heavy atom. The summed E-state index contributed by atoms with van der Waals surface area (Å²) in [6.45, 7) is 1.93. The van der Waals surface area contributed by atoms with E-state index in [1.165, 1.54) is 0 Å². The van der Waals surface area contributed by atoms with Crippen molar-refractivity contribution < 1.29 is 13.9 Å². The summed E-state index contributed by atoms with van der Waals surface area (Å²) in [6, 6.07) is 16.8. The molecule has 1 amide bonds. The zero-order valence-corrected chi connectivity index (χ0v) is 12.5. The summed E-state index contributed by atoms with van der Waals surface area (Å²) in [7, 11) is 1.63. The number of rotatable bonds is 4. The predicted octanol–water partition coefficient (Wildman–Crippen LogP) is 3.93. The van der Waals surface area contributed by atoms with Gasteiger partial charge in [0.1, 0.15) is 11.3 Å². The lowest BCUT2D eigenvalue weighted by atomic mass is 10.1.